The molecule has 0 aliphatic carbocycles. The smallest absolute Gasteiger partial charge is 0.319 e. The van der Waals surface area contributed by atoms with Crippen LogP contribution in [0.25, 0.3) is 0 Å². The lowest BCUT2D eigenvalue weighted by atomic mass is 9.92. The molecule has 7 nitrogen and oxygen atoms in total. The number of benzene rings is 2. The van der Waals surface area contributed by atoms with Crippen LogP contribution in [-0.4, -0.2) is 46.3 Å². The second kappa shape index (κ2) is 8.36. The molecule has 0 radical (unpaired) electrons. The van der Waals surface area contributed by atoms with Crippen molar-refractivity contribution >= 4 is 52.1 Å². The summed E-state index contributed by atoms with van der Waals surface area (Å²) in [4.78, 5) is 46.1. The topological polar surface area (TPSA) is 82.1 Å². The molecule has 31 heavy (non-hydrogen) atoms. The number of nitrogens with zero attached hydrogens (tertiary/aromatic N) is 3. The van der Waals surface area contributed by atoms with Gasteiger partial charge in [0.1, 0.15) is 12.1 Å². The van der Waals surface area contributed by atoms with Gasteiger partial charge in [-0.25, -0.2) is 4.79 Å². The number of anilines is 1. The van der Waals surface area contributed by atoms with Gasteiger partial charge in [0.15, 0.2) is 5.17 Å². The van der Waals surface area contributed by atoms with Crippen LogP contribution in [0.3, 0.4) is 0 Å². The molecule has 2 aliphatic rings. The van der Waals surface area contributed by atoms with Crippen LogP contribution in [0.15, 0.2) is 59.6 Å². The van der Waals surface area contributed by atoms with E-state index in [1.165, 1.54) is 16.7 Å². The number of amidine groups is 1. The molecule has 0 aromatic heterocycles. The summed E-state index contributed by atoms with van der Waals surface area (Å²) in [5.74, 6) is -0.145. The number of aliphatic imine (C=N–C) groups is 1. The highest BCUT2D eigenvalue weighted by Gasteiger charge is 2.50. The van der Waals surface area contributed by atoms with Crippen molar-refractivity contribution in [2.75, 3.05) is 17.2 Å². The number of amides is 4. The normalized spacial score (nSPS) is 23.0. The average molecular weight is 457 g/mol. The largest absolute Gasteiger partial charge is 0.325 e. The van der Waals surface area contributed by atoms with E-state index in [2.05, 4.69) is 10.3 Å². The third-order valence-corrected chi connectivity index (χ3v) is 6.68. The predicted molar refractivity (Wildman–Crippen MR) is 122 cm³/mol. The Bertz CT molecular complexity index is 1060. The predicted octanol–water partition coefficient (Wildman–Crippen LogP) is 3.63. The van der Waals surface area contributed by atoms with Crippen LogP contribution in [0.1, 0.15) is 19.4 Å². The summed E-state index contributed by atoms with van der Waals surface area (Å²) in [7, 11) is 0. The van der Waals surface area contributed by atoms with Gasteiger partial charge in [-0.05, 0) is 43.7 Å². The van der Waals surface area contributed by atoms with Gasteiger partial charge in [-0.15, -0.1) is 0 Å². The van der Waals surface area contributed by atoms with Crippen LogP contribution in [0.2, 0.25) is 5.02 Å². The quantitative estimate of drug-likeness (QED) is 0.712. The lowest BCUT2D eigenvalue weighted by molar-refractivity contribution is -0.134. The Balaban J connectivity index is 1.61. The number of rotatable bonds is 4. The van der Waals surface area contributed by atoms with Crippen molar-refractivity contribution < 1.29 is 14.4 Å². The number of hydrogen-bond acceptors (Lipinski definition) is 5. The first-order valence-corrected chi connectivity index (χ1v) is 11.1. The zero-order valence-electron chi connectivity index (χ0n) is 17.0. The van der Waals surface area contributed by atoms with Gasteiger partial charge >= 0.3 is 6.03 Å². The molecular formula is C22H21ClN4O3S. The van der Waals surface area contributed by atoms with Gasteiger partial charge in [-0.1, -0.05) is 53.7 Å². The minimum atomic E-state index is -1.22. The Morgan fingerprint density at radius 1 is 1.23 bits per heavy atom. The van der Waals surface area contributed by atoms with E-state index in [1.807, 2.05) is 13.0 Å². The lowest BCUT2D eigenvalue weighted by Crippen LogP contribution is -2.46. The van der Waals surface area contributed by atoms with Gasteiger partial charge in [0.25, 0.3) is 11.8 Å². The van der Waals surface area contributed by atoms with E-state index >= 15 is 0 Å². The van der Waals surface area contributed by atoms with E-state index in [4.69, 9.17) is 11.6 Å². The van der Waals surface area contributed by atoms with Crippen LogP contribution in [0.5, 0.6) is 0 Å². The monoisotopic (exact) mass is 456 g/mol. The van der Waals surface area contributed by atoms with Crippen molar-refractivity contribution in [3.05, 3.63) is 65.2 Å². The van der Waals surface area contributed by atoms with Crippen LogP contribution < -0.4 is 10.2 Å². The summed E-state index contributed by atoms with van der Waals surface area (Å²) in [6.45, 7) is 3.21. The van der Waals surface area contributed by atoms with E-state index in [1.54, 1.807) is 55.5 Å². The fraction of sp³-hybridized carbons (Fsp3) is 0.273. The first-order chi connectivity index (χ1) is 14.8. The Morgan fingerprint density at radius 2 is 1.90 bits per heavy atom. The first kappa shape index (κ1) is 21.4. The van der Waals surface area contributed by atoms with Crippen molar-refractivity contribution in [3.8, 4) is 0 Å². The molecule has 4 amide bonds. The molecule has 1 saturated heterocycles. The third-order valence-electron chi connectivity index (χ3n) is 5.23. The number of urea groups is 1. The number of imide groups is 1. The zero-order chi connectivity index (χ0) is 22.2. The van der Waals surface area contributed by atoms with Gasteiger partial charge in [-0.2, -0.15) is 0 Å². The van der Waals surface area contributed by atoms with Crippen LogP contribution >= 0.6 is 23.4 Å². The van der Waals surface area contributed by atoms with Crippen molar-refractivity contribution in [2.24, 2.45) is 4.99 Å². The van der Waals surface area contributed by atoms with Gasteiger partial charge in [0.05, 0.1) is 11.7 Å². The molecule has 1 N–H and O–H groups in total. The average Bonchev–Trinajstić information content (AvgIpc) is 3.27. The number of hydrogen-bond donors (Lipinski definition) is 1. The summed E-state index contributed by atoms with van der Waals surface area (Å²) in [5, 5.41) is 3.81. The summed E-state index contributed by atoms with van der Waals surface area (Å²) in [6.07, 6.45) is 0. The Morgan fingerprint density at radius 3 is 2.52 bits per heavy atom. The summed E-state index contributed by atoms with van der Waals surface area (Å²) in [6, 6.07) is 15.2. The molecule has 4 rings (SSSR count). The van der Waals surface area contributed by atoms with Crippen molar-refractivity contribution in [1.82, 2.24) is 10.2 Å². The van der Waals surface area contributed by atoms with Crippen LogP contribution in [0.4, 0.5) is 10.5 Å². The number of carbonyl (C=O) groups excluding carboxylic acids is 3. The molecule has 0 spiro atoms. The highest BCUT2D eigenvalue weighted by atomic mass is 35.5. The van der Waals surface area contributed by atoms with Crippen molar-refractivity contribution in [2.45, 2.75) is 25.4 Å². The van der Waals surface area contributed by atoms with E-state index in [0.29, 0.717) is 21.4 Å². The molecule has 2 aliphatic heterocycles. The summed E-state index contributed by atoms with van der Waals surface area (Å²) >= 11 is 7.46. The second-order valence-electron chi connectivity index (χ2n) is 7.59. The van der Waals surface area contributed by atoms with Gasteiger partial charge in [0, 0.05) is 10.8 Å². The summed E-state index contributed by atoms with van der Waals surface area (Å²) in [5.41, 5.74) is 0.00717. The molecule has 2 heterocycles. The maximum Gasteiger partial charge on any atom is 0.325 e. The fourth-order valence-electron chi connectivity index (χ4n) is 3.55. The highest BCUT2D eigenvalue weighted by molar-refractivity contribution is 8.14. The molecule has 2 aromatic rings. The highest BCUT2D eigenvalue weighted by Crippen LogP contribution is 2.30. The van der Waals surface area contributed by atoms with Crippen molar-refractivity contribution in [3.63, 3.8) is 0 Å². The standard InChI is InChI=1S/C22H21ClN4O3S/c1-14-13-31-21(24-14)27(17-10-8-16(23)9-11-17)18(28)12-26-19(29)22(2,25-20(26)30)15-6-4-3-5-7-15/h3-11,14H,12-13H2,1-2H3,(H,25,30)/t14-,22-/m1/s1. The molecular weight excluding hydrogens is 436 g/mol. The Hall–Kier alpha value is -2.84. The molecule has 2 aromatic carbocycles. The van der Waals surface area contributed by atoms with E-state index in [9.17, 15) is 14.4 Å². The third kappa shape index (κ3) is 4.05. The summed E-state index contributed by atoms with van der Waals surface area (Å²) < 4.78 is 0. The molecule has 160 valence electrons. The lowest BCUT2D eigenvalue weighted by Gasteiger charge is -2.25. The molecule has 1 fully saturated rings. The van der Waals surface area contributed by atoms with E-state index < -0.39 is 29.9 Å². The van der Waals surface area contributed by atoms with Crippen LogP contribution in [0, 0.1) is 0 Å². The molecule has 2 atom stereocenters. The molecule has 0 unspecified atom stereocenters. The second-order valence-corrected chi connectivity index (χ2v) is 9.01. The molecule has 9 heteroatoms. The SMILES string of the molecule is C[C@@H]1CSC(N(C(=O)CN2C(=O)N[C@](C)(c3ccccc3)C2=O)c2ccc(Cl)cc2)=N1. The van der Waals surface area contributed by atoms with Gasteiger partial charge < -0.3 is 5.32 Å². The number of carbonyl (C=O) groups is 3. The zero-order valence-corrected chi connectivity index (χ0v) is 18.6. The molecule has 0 bridgehead atoms. The molecule has 0 saturated carbocycles. The minimum absolute atomic E-state index is 0.0701. The van der Waals surface area contributed by atoms with Gasteiger partial charge in [0.2, 0.25) is 0 Å². The van der Waals surface area contributed by atoms with E-state index in [0.717, 1.165) is 10.7 Å². The number of halogens is 1. The minimum Gasteiger partial charge on any atom is -0.319 e. The number of nitrogens with one attached hydrogen (secondary N) is 1. The number of thioether (sulfide) groups is 1. The van der Waals surface area contributed by atoms with Crippen molar-refractivity contribution in [1.29, 1.82) is 0 Å². The Labute approximate surface area is 189 Å². The Kier molecular flexibility index (Phi) is 5.77. The van der Waals surface area contributed by atoms with E-state index in [-0.39, 0.29) is 6.04 Å². The van der Waals surface area contributed by atoms with Crippen LogP contribution in [-0.2, 0) is 15.1 Å². The fourth-order valence-corrected chi connectivity index (χ4v) is 4.73. The maximum absolute atomic E-state index is 13.3. The maximum atomic E-state index is 13.3. The van der Waals surface area contributed by atoms with Gasteiger partial charge in [-0.3, -0.25) is 24.4 Å². The first-order valence-electron chi connectivity index (χ1n) is 9.78.